The van der Waals surface area contributed by atoms with Crippen LogP contribution in [0.2, 0.25) is 0 Å². The first kappa shape index (κ1) is 15.3. The number of hydrogen-bond acceptors (Lipinski definition) is 3. The van der Waals surface area contributed by atoms with Crippen LogP contribution in [0.15, 0.2) is 53.0 Å². The summed E-state index contributed by atoms with van der Waals surface area (Å²) < 4.78 is 14.2. The number of nitrogens with one attached hydrogen (secondary N) is 1. The number of Topliss-reactive ketones (excluding diaryl/α,β-unsaturated/α-hetero) is 1. The van der Waals surface area contributed by atoms with Crippen LogP contribution in [0.1, 0.15) is 41.5 Å². The number of hydrogen-bond donors (Lipinski definition) is 1. The first-order valence-corrected chi connectivity index (χ1v) is 8.85. The van der Waals surface area contributed by atoms with E-state index in [9.17, 15) is 14.0 Å². The van der Waals surface area contributed by atoms with E-state index >= 15 is 0 Å². The molecule has 1 aliphatic carbocycles. The largest absolute Gasteiger partial charge is 0.329 e. The monoisotopic (exact) mass is 341 g/mol. The van der Waals surface area contributed by atoms with Gasteiger partial charge in [0, 0.05) is 40.8 Å². The Bertz CT molecular complexity index is 841. The molecule has 1 aliphatic heterocycles. The highest BCUT2D eigenvalue weighted by Gasteiger charge is 2.39. The standard InChI is InChI=1S/C19H16FNO2S/c20-14-5-2-1-4-12(14)13-10-18(23)21-15-8-11(9-16(22)19(13)15)17-6-3-7-24-17/h1-7,11,13H,8-10H2,(H,21,23)/t11-,13-/m1/s1. The van der Waals surface area contributed by atoms with Crippen molar-refractivity contribution < 1.29 is 14.0 Å². The number of carbonyl (C=O) groups is 2. The van der Waals surface area contributed by atoms with E-state index in [1.165, 1.54) is 6.07 Å². The number of carbonyl (C=O) groups excluding carboxylic acids is 2. The van der Waals surface area contributed by atoms with Crippen molar-refractivity contribution >= 4 is 23.0 Å². The lowest BCUT2D eigenvalue weighted by molar-refractivity contribution is -0.122. The van der Waals surface area contributed by atoms with Crippen LogP contribution in [-0.2, 0) is 9.59 Å². The Kier molecular flexibility index (Phi) is 3.81. The second-order valence-electron chi connectivity index (χ2n) is 6.26. The Labute approximate surface area is 143 Å². The van der Waals surface area contributed by atoms with Gasteiger partial charge in [0.15, 0.2) is 5.78 Å². The highest BCUT2D eigenvalue weighted by Crippen LogP contribution is 2.43. The summed E-state index contributed by atoms with van der Waals surface area (Å²) in [6.07, 6.45) is 1.16. The van der Waals surface area contributed by atoms with Crippen LogP contribution in [0.25, 0.3) is 0 Å². The summed E-state index contributed by atoms with van der Waals surface area (Å²) in [6.45, 7) is 0. The van der Waals surface area contributed by atoms with E-state index in [1.807, 2.05) is 17.5 Å². The van der Waals surface area contributed by atoms with Gasteiger partial charge >= 0.3 is 0 Å². The van der Waals surface area contributed by atoms with Crippen LogP contribution in [0.4, 0.5) is 4.39 Å². The fraction of sp³-hybridized carbons (Fsp3) is 0.263. The molecule has 0 saturated carbocycles. The van der Waals surface area contributed by atoms with Crippen LogP contribution in [0, 0.1) is 5.82 Å². The average molecular weight is 341 g/mol. The summed E-state index contributed by atoms with van der Waals surface area (Å²) in [7, 11) is 0. The Morgan fingerprint density at radius 2 is 1.88 bits per heavy atom. The number of thiophene rings is 1. The van der Waals surface area contributed by atoms with Gasteiger partial charge in [-0.25, -0.2) is 4.39 Å². The first-order chi connectivity index (χ1) is 11.6. The molecular weight excluding hydrogens is 325 g/mol. The van der Waals surface area contributed by atoms with Crippen LogP contribution >= 0.6 is 11.3 Å². The van der Waals surface area contributed by atoms with Crippen molar-refractivity contribution in [3.63, 3.8) is 0 Å². The third-order valence-corrected chi connectivity index (χ3v) is 5.80. The lowest BCUT2D eigenvalue weighted by atomic mass is 9.74. The summed E-state index contributed by atoms with van der Waals surface area (Å²) in [4.78, 5) is 26.1. The lowest BCUT2D eigenvalue weighted by Gasteiger charge is -2.34. The van der Waals surface area contributed by atoms with Gasteiger partial charge in [-0.3, -0.25) is 9.59 Å². The van der Waals surface area contributed by atoms with Gasteiger partial charge in [-0.2, -0.15) is 0 Å². The second kappa shape index (κ2) is 5.98. The van der Waals surface area contributed by atoms with Crippen LogP contribution in [0.5, 0.6) is 0 Å². The Morgan fingerprint density at radius 1 is 1.04 bits per heavy atom. The van der Waals surface area contributed by atoms with E-state index in [0.717, 1.165) is 4.88 Å². The van der Waals surface area contributed by atoms with Crippen molar-refractivity contribution in [1.82, 2.24) is 5.32 Å². The molecule has 24 heavy (non-hydrogen) atoms. The van der Waals surface area contributed by atoms with Gasteiger partial charge < -0.3 is 5.32 Å². The lowest BCUT2D eigenvalue weighted by Crippen LogP contribution is -2.38. The maximum atomic E-state index is 14.2. The molecule has 0 bridgehead atoms. The summed E-state index contributed by atoms with van der Waals surface area (Å²) in [5.41, 5.74) is 1.70. The Morgan fingerprint density at radius 3 is 2.62 bits per heavy atom. The molecule has 1 aromatic carbocycles. The molecule has 0 radical (unpaired) electrons. The minimum Gasteiger partial charge on any atom is -0.329 e. The number of benzene rings is 1. The minimum absolute atomic E-state index is 0.0166. The average Bonchev–Trinajstić information content (AvgIpc) is 3.08. The van der Waals surface area contributed by atoms with Crippen LogP contribution in [0.3, 0.4) is 0 Å². The van der Waals surface area contributed by atoms with Gasteiger partial charge in [0.25, 0.3) is 0 Å². The fourth-order valence-corrected chi connectivity index (χ4v) is 4.54. The molecule has 0 saturated heterocycles. The molecule has 122 valence electrons. The highest BCUT2D eigenvalue weighted by atomic mass is 32.1. The smallest absolute Gasteiger partial charge is 0.225 e. The van der Waals surface area contributed by atoms with Crippen molar-refractivity contribution in [3.05, 3.63) is 69.3 Å². The Balaban J connectivity index is 1.76. The van der Waals surface area contributed by atoms with Gasteiger partial charge in [0.05, 0.1) is 0 Å². The highest BCUT2D eigenvalue weighted by molar-refractivity contribution is 7.10. The summed E-state index contributed by atoms with van der Waals surface area (Å²) in [5.74, 6) is -0.885. The van der Waals surface area contributed by atoms with E-state index < -0.39 is 5.92 Å². The van der Waals surface area contributed by atoms with E-state index in [1.54, 1.807) is 29.5 Å². The molecule has 2 aliphatic rings. The van der Waals surface area contributed by atoms with Crippen LogP contribution in [-0.4, -0.2) is 11.7 Å². The minimum atomic E-state index is -0.480. The number of allylic oxidation sites excluding steroid dienone is 2. The molecule has 2 atom stereocenters. The molecule has 1 aromatic heterocycles. The molecule has 0 spiro atoms. The molecule has 2 aromatic rings. The van der Waals surface area contributed by atoms with Gasteiger partial charge in [0.1, 0.15) is 5.82 Å². The summed E-state index contributed by atoms with van der Waals surface area (Å²) in [5, 5.41) is 4.85. The van der Waals surface area contributed by atoms with E-state index in [4.69, 9.17) is 0 Å². The molecule has 0 unspecified atom stereocenters. The first-order valence-electron chi connectivity index (χ1n) is 7.97. The van der Waals surface area contributed by atoms with Crippen molar-refractivity contribution in [2.75, 3.05) is 0 Å². The molecule has 2 heterocycles. The zero-order valence-electron chi connectivity index (χ0n) is 12.9. The van der Waals surface area contributed by atoms with Crippen molar-refractivity contribution in [2.45, 2.75) is 31.1 Å². The van der Waals surface area contributed by atoms with Gasteiger partial charge in [-0.1, -0.05) is 24.3 Å². The van der Waals surface area contributed by atoms with Gasteiger partial charge in [0.2, 0.25) is 5.91 Å². The third kappa shape index (κ3) is 2.59. The Hall–Kier alpha value is -2.27. The quantitative estimate of drug-likeness (QED) is 0.901. The topological polar surface area (TPSA) is 46.2 Å². The molecule has 3 nitrogen and oxygen atoms in total. The van der Waals surface area contributed by atoms with Gasteiger partial charge in [-0.15, -0.1) is 11.3 Å². The zero-order chi connectivity index (χ0) is 16.7. The van der Waals surface area contributed by atoms with Crippen molar-refractivity contribution in [2.24, 2.45) is 0 Å². The normalized spacial score (nSPS) is 23.9. The predicted molar refractivity (Wildman–Crippen MR) is 90.2 cm³/mol. The van der Waals surface area contributed by atoms with Gasteiger partial charge in [-0.05, 0) is 29.5 Å². The molecular formula is C19H16FNO2S. The third-order valence-electron chi connectivity index (χ3n) is 4.76. The number of amides is 1. The molecule has 4 rings (SSSR count). The zero-order valence-corrected chi connectivity index (χ0v) is 13.7. The maximum Gasteiger partial charge on any atom is 0.225 e. The molecule has 0 fully saturated rings. The SMILES string of the molecule is O=C1C[C@H](c2ccccc2F)C2=C(C[C@@H](c3cccs3)CC2=O)N1. The summed E-state index contributed by atoms with van der Waals surface area (Å²) in [6, 6.07) is 10.4. The second-order valence-corrected chi connectivity index (χ2v) is 7.24. The molecule has 1 N–H and O–H groups in total. The van der Waals surface area contributed by atoms with Crippen LogP contribution < -0.4 is 5.32 Å². The maximum absolute atomic E-state index is 14.2. The van der Waals surface area contributed by atoms with E-state index in [0.29, 0.717) is 29.7 Å². The number of ketones is 1. The molecule has 5 heteroatoms. The molecule has 1 amide bonds. The van der Waals surface area contributed by atoms with Crippen molar-refractivity contribution in [3.8, 4) is 0 Å². The van der Waals surface area contributed by atoms with E-state index in [2.05, 4.69) is 5.32 Å². The van der Waals surface area contributed by atoms with Crippen molar-refractivity contribution in [1.29, 1.82) is 0 Å². The summed E-state index contributed by atoms with van der Waals surface area (Å²) >= 11 is 1.62. The van der Waals surface area contributed by atoms with E-state index in [-0.39, 0.29) is 29.8 Å². The number of halogens is 1. The fourth-order valence-electron chi connectivity index (χ4n) is 3.71. The number of rotatable bonds is 2. The predicted octanol–water partition coefficient (Wildman–Crippen LogP) is 3.89.